The molecule has 162 valence electrons. The Morgan fingerprint density at radius 2 is 1.73 bits per heavy atom. The molecule has 0 fully saturated rings. The van der Waals surface area contributed by atoms with E-state index in [1.54, 1.807) is 10.7 Å². The van der Waals surface area contributed by atoms with Crippen molar-refractivity contribution in [1.29, 1.82) is 0 Å². The first-order valence-electron chi connectivity index (χ1n) is 10.00. The van der Waals surface area contributed by atoms with Gasteiger partial charge in [0.05, 0.1) is 24.7 Å². The Kier molecular flexibility index (Phi) is 6.25. The number of phenolic OH excluding ortho intramolecular Hbond substituents is 2. The summed E-state index contributed by atoms with van der Waals surface area (Å²) in [7, 11) is 0. The predicted octanol–water partition coefficient (Wildman–Crippen LogP) is 2.82. The highest BCUT2D eigenvalue weighted by Gasteiger charge is 2.20. The van der Waals surface area contributed by atoms with E-state index in [1.807, 2.05) is 34.6 Å². The highest BCUT2D eigenvalue weighted by molar-refractivity contribution is 5.83. The molecule has 10 nitrogen and oxygen atoms in total. The van der Waals surface area contributed by atoms with Crippen LogP contribution in [0, 0.1) is 5.92 Å². The van der Waals surface area contributed by atoms with E-state index in [4.69, 9.17) is 0 Å². The molecule has 0 radical (unpaired) electrons. The minimum atomic E-state index is -0.245. The minimum Gasteiger partial charge on any atom is -0.504 e. The number of hydrogen-bond acceptors (Lipinski definition) is 9. The Morgan fingerprint density at radius 1 is 1.00 bits per heavy atom. The van der Waals surface area contributed by atoms with Crippen LogP contribution in [-0.4, -0.2) is 52.9 Å². The summed E-state index contributed by atoms with van der Waals surface area (Å²) in [6, 6.07) is 4.26. The zero-order chi connectivity index (χ0) is 22.0. The van der Waals surface area contributed by atoms with Crippen molar-refractivity contribution in [1.82, 2.24) is 25.0 Å². The Balaban J connectivity index is 2.01. The number of aliphatic hydroxyl groups excluding tert-OH is 1. The topological polar surface area (TPSA) is 141 Å². The minimum absolute atomic E-state index is 0.0489. The van der Waals surface area contributed by atoms with Crippen LogP contribution in [0.4, 0.5) is 11.8 Å². The third-order valence-corrected chi connectivity index (χ3v) is 4.98. The molecule has 3 rings (SSSR count). The summed E-state index contributed by atoms with van der Waals surface area (Å²) < 4.78 is 1.72. The van der Waals surface area contributed by atoms with Crippen molar-refractivity contribution in [2.24, 2.45) is 5.92 Å². The van der Waals surface area contributed by atoms with Gasteiger partial charge in [0.25, 0.3) is 0 Å². The largest absolute Gasteiger partial charge is 0.504 e. The third-order valence-electron chi connectivity index (χ3n) is 4.98. The molecule has 0 saturated heterocycles. The molecule has 0 amide bonds. The molecule has 0 saturated carbocycles. The lowest BCUT2D eigenvalue weighted by Gasteiger charge is -2.21. The molecule has 0 aliphatic carbocycles. The molecule has 0 spiro atoms. The van der Waals surface area contributed by atoms with Gasteiger partial charge in [0.2, 0.25) is 5.95 Å². The number of nitrogens with one attached hydrogen (secondary N) is 2. The quantitative estimate of drug-likeness (QED) is 0.351. The Morgan fingerprint density at radius 3 is 2.33 bits per heavy atom. The second-order valence-electron chi connectivity index (χ2n) is 7.99. The molecule has 5 N–H and O–H groups in total. The molecule has 30 heavy (non-hydrogen) atoms. The first kappa shape index (κ1) is 21.6. The van der Waals surface area contributed by atoms with E-state index in [0.29, 0.717) is 22.9 Å². The van der Waals surface area contributed by atoms with Crippen molar-refractivity contribution < 1.29 is 15.3 Å². The highest BCUT2D eigenvalue weighted by Crippen LogP contribution is 2.30. The first-order chi connectivity index (χ1) is 14.2. The standard InChI is InChI=1S/C20H29N7O3/c1-10(2)14(9-28)22-20-23-18(17-19(24-20)27(11(3)4)26-25-17)21-12(5)13-6-7-15(29)16(30)8-13/h6-8,10-12,14,28-30H,9H2,1-5H3,(H2,21,22,23,24)/t12?,14-/m0/s1. The van der Waals surface area contributed by atoms with Gasteiger partial charge in [0, 0.05) is 0 Å². The smallest absolute Gasteiger partial charge is 0.227 e. The molecule has 0 bridgehead atoms. The molecule has 1 aromatic carbocycles. The number of phenols is 2. The van der Waals surface area contributed by atoms with Gasteiger partial charge >= 0.3 is 0 Å². The normalized spacial score (nSPS) is 13.7. The van der Waals surface area contributed by atoms with Gasteiger partial charge in [-0.1, -0.05) is 25.1 Å². The molecule has 0 aliphatic heterocycles. The molecule has 10 heteroatoms. The number of aliphatic hydroxyl groups is 1. The van der Waals surface area contributed by atoms with Gasteiger partial charge < -0.3 is 26.0 Å². The number of nitrogens with zero attached hydrogens (tertiary/aromatic N) is 5. The second kappa shape index (κ2) is 8.70. The molecule has 2 heterocycles. The molecule has 3 aromatic rings. The zero-order valence-electron chi connectivity index (χ0n) is 17.8. The van der Waals surface area contributed by atoms with Crippen molar-refractivity contribution >= 4 is 22.9 Å². The van der Waals surface area contributed by atoms with Crippen LogP contribution in [0.1, 0.15) is 52.3 Å². The highest BCUT2D eigenvalue weighted by atomic mass is 16.3. The average Bonchev–Trinajstić information content (AvgIpc) is 3.12. The van der Waals surface area contributed by atoms with Gasteiger partial charge in [-0.15, -0.1) is 5.10 Å². The first-order valence-corrected chi connectivity index (χ1v) is 10.00. The summed E-state index contributed by atoms with van der Waals surface area (Å²) in [5.41, 5.74) is 1.86. The summed E-state index contributed by atoms with van der Waals surface area (Å²) in [5, 5.41) is 44.0. The van der Waals surface area contributed by atoms with Crippen LogP contribution < -0.4 is 10.6 Å². The third kappa shape index (κ3) is 4.38. The van der Waals surface area contributed by atoms with Crippen molar-refractivity contribution in [2.45, 2.75) is 52.7 Å². The summed E-state index contributed by atoms with van der Waals surface area (Å²) in [6.07, 6.45) is 0. The summed E-state index contributed by atoms with van der Waals surface area (Å²) in [5.74, 6) is 0.658. The number of rotatable bonds is 8. The van der Waals surface area contributed by atoms with E-state index in [1.165, 1.54) is 12.1 Å². The van der Waals surface area contributed by atoms with E-state index in [-0.39, 0.29) is 42.1 Å². The van der Waals surface area contributed by atoms with E-state index in [0.717, 1.165) is 5.56 Å². The van der Waals surface area contributed by atoms with Crippen LogP contribution in [-0.2, 0) is 0 Å². The fraction of sp³-hybridized carbons (Fsp3) is 0.500. The maximum atomic E-state index is 9.81. The summed E-state index contributed by atoms with van der Waals surface area (Å²) >= 11 is 0. The number of aromatic hydroxyl groups is 2. The van der Waals surface area contributed by atoms with Gasteiger partial charge in [-0.25, -0.2) is 4.68 Å². The van der Waals surface area contributed by atoms with Crippen LogP contribution >= 0.6 is 0 Å². The molecule has 2 aromatic heterocycles. The van der Waals surface area contributed by atoms with Crippen molar-refractivity contribution in [2.75, 3.05) is 17.2 Å². The summed E-state index contributed by atoms with van der Waals surface area (Å²) in [6.45, 7) is 9.85. The average molecular weight is 415 g/mol. The van der Waals surface area contributed by atoms with Crippen LogP contribution in [0.25, 0.3) is 11.2 Å². The number of benzene rings is 1. The van der Waals surface area contributed by atoms with Crippen molar-refractivity contribution in [3.63, 3.8) is 0 Å². The lowest BCUT2D eigenvalue weighted by Crippen LogP contribution is -2.30. The Labute approximate surface area is 175 Å². The van der Waals surface area contributed by atoms with Gasteiger partial charge in [0.15, 0.2) is 28.5 Å². The number of hydrogen-bond donors (Lipinski definition) is 5. The Hall–Kier alpha value is -3.14. The van der Waals surface area contributed by atoms with Crippen LogP contribution in [0.15, 0.2) is 18.2 Å². The second-order valence-corrected chi connectivity index (χ2v) is 7.99. The SMILES string of the molecule is CC(Nc1nc(N[C@@H](CO)C(C)C)nc2c1nnn2C(C)C)c1ccc(O)c(O)c1. The van der Waals surface area contributed by atoms with Gasteiger partial charge in [0.1, 0.15) is 0 Å². The summed E-state index contributed by atoms with van der Waals surface area (Å²) in [4.78, 5) is 9.16. The monoisotopic (exact) mass is 415 g/mol. The molecule has 0 aliphatic rings. The maximum Gasteiger partial charge on any atom is 0.227 e. The van der Waals surface area contributed by atoms with E-state index in [2.05, 4.69) is 30.9 Å². The molecule has 2 atom stereocenters. The lowest BCUT2D eigenvalue weighted by molar-refractivity contribution is 0.248. The number of anilines is 2. The number of fused-ring (bicyclic) bond motifs is 1. The number of aromatic nitrogens is 5. The van der Waals surface area contributed by atoms with Crippen LogP contribution in [0.3, 0.4) is 0 Å². The molecule has 1 unspecified atom stereocenters. The van der Waals surface area contributed by atoms with Gasteiger partial charge in [-0.05, 0) is 44.4 Å². The van der Waals surface area contributed by atoms with E-state index >= 15 is 0 Å². The molecular weight excluding hydrogens is 386 g/mol. The van der Waals surface area contributed by atoms with Crippen molar-refractivity contribution in [3.05, 3.63) is 23.8 Å². The lowest BCUT2D eigenvalue weighted by atomic mass is 10.1. The van der Waals surface area contributed by atoms with Crippen LogP contribution in [0.5, 0.6) is 11.5 Å². The molecular formula is C20H29N7O3. The van der Waals surface area contributed by atoms with Crippen LogP contribution in [0.2, 0.25) is 0 Å². The van der Waals surface area contributed by atoms with Crippen molar-refractivity contribution in [3.8, 4) is 11.5 Å². The van der Waals surface area contributed by atoms with E-state index < -0.39 is 0 Å². The fourth-order valence-electron chi connectivity index (χ4n) is 3.03. The zero-order valence-corrected chi connectivity index (χ0v) is 17.8. The van der Waals surface area contributed by atoms with Gasteiger partial charge in [-0.3, -0.25) is 0 Å². The maximum absolute atomic E-state index is 9.81. The predicted molar refractivity (Wildman–Crippen MR) is 115 cm³/mol. The van der Waals surface area contributed by atoms with Gasteiger partial charge in [-0.2, -0.15) is 9.97 Å². The fourth-order valence-corrected chi connectivity index (χ4v) is 3.03. The Bertz CT molecular complexity index is 1020. The van der Waals surface area contributed by atoms with E-state index in [9.17, 15) is 15.3 Å².